The number of nitrogens with zero attached hydrogens (tertiary/aromatic N) is 3. The van der Waals surface area contributed by atoms with Gasteiger partial charge in [0.1, 0.15) is 0 Å². The molecule has 3 nitrogen and oxygen atoms in total. The first-order valence-electron chi connectivity index (χ1n) is 51.2. The Morgan fingerprint density at radius 3 is 0.669 bits per heavy atom. The van der Waals surface area contributed by atoms with Crippen LogP contribution in [0.5, 0.6) is 0 Å². The summed E-state index contributed by atoms with van der Waals surface area (Å²) in [5, 5.41) is 21.3. The minimum atomic E-state index is -3.31. The molecule has 0 spiro atoms. The summed E-state index contributed by atoms with van der Waals surface area (Å²) in [6.07, 6.45) is 0. The van der Waals surface area contributed by atoms with E-state index < -0.39 is 32.3 Å². The zero-order valence-corrected chi connectivity index (χ0v) is 87.9. The summed E-state index contributed by atoms with van der Waals surface area (Å²) >= 11 is 0. The number of fused-ring (bicyclic) bond motifs is 6. The highest BCUT2D eigenvalue weighted by Gasteiger charge is 2.51. The molecule has 0 N–H and O–H groups in total. The number of aryl methyl sites for hydroxylation is 8. The van der Waals surface area contributed by atoms with E-state index in [-0.39, 0.29) is 12.1 Å². The van der Waals surface area contributed by atoms with Crippen molar-refractivity contribution in [3.05, 3.63) is 565 Å². The van der Waals surface area contributed by atoms with E-state index >= 15 is 0 Å². The lowest BCUT2D eigenvalue weighted by Crippen LogP contribution is -2.74. The Kier molecular flexibility index (Phi) is 23.4. The van der Waals surface area contributed by atoms with Gasteiger partial charge in [0.2, 0.25) is 0 Å². The molecular weight excluding hydrogens is 1810 g/mol. The van der Waals surface area contributed by atoms with Gasteiger partial charge < -0.3 is 14.7 Å². The predicted molar refractivity (Wildman–Crippen MR) is 631 cm³/mol. The van der Waals surface area contributed by atoms with Crippen LogP contribution in [0, 0.1) is 55.4 Å². The largest absolute Gasteiger partial charge is 0.311 e. The first-order chi connectivity index (χ1) is 70.9. The molecular formula is C137H114BN3Si4. The van der Waals surface area contributed by atoms with E-state index in [4.69, 9.17) is 0 Å². The number of hydrogen-bond donors (Lipinski definition) is 0. The fourth-order valence-electron chi connectivity index (χ4n) is 25.9. The van der Waals surface area contributed by atoms with Crippen LogP contribution in [-0.2, 0) is 5.41 Å². The van der Waals surface area contributed by atoms with Crippen molar-refractivity contribution < 1.29 is 0 Å². The maximum Gasteiger partial charge on any atom is 0.252 e. The van der Waals surface area contributed by atoms with Gasteiger partial charge in [0.25, 0.3) is 6.71 Å². The Morgan fingerprint density at radius 2 is 0.393 bits per heavy atom. The third-order valence-electron chi connectivity index (χ3n) is 31.6. The van der Waals surface area contributed by atoms with E-state index in [0.717, 1.165) is 73.4 Å². The molecule has 3 aliphatic rings. The van der Waals surface area contributed by atoms with Crippen LogP contribution in [-0.4, -0.2) is 39.0 Å². The Morgan fingerprint density at radius 1 is 0.166 bits per heavy atom. The van der Waals surface area contributed by atoms with E-state index in [2.05, 4.69) is 594 Å². The summed E-state index contributed by atoms with van der Waals surface area (Å²) in [6.45, 7) is 22.7. The smallest absolute Gasteiger partial charge is 0.252 e. The summed E-state index contributed by atoms with van der Waals surface area (Å²) < 4.78 is 0. The van der Waals surface area contributed by atoms with E-state index in [0.29, 0.717) is 0 Å². The van der Waals surface area contributed by atoms with Gasteiger partial charge in [-0.2, -0.15) is 0 Å². The Hall–Kier alpha value is -16.0. The minimum Gasteiger partial charge on any atom is -0.311 e. The van der Waals surface area contributed by atoms with Gasteiger partial charge >= 0.3 is 0 Å². The van der Waals surface area contributed by atoms with Crippen LogP contribution < -0.4 is 114 Å². The molecule has 0 radical (unpaired) electrons. The van der Waals surface area contributed by atoms with Crippen molar-refractivity contribution in [1.82, 2.24) is 0 Å². The number of para-hydroxylation sites is 2. The predicted octanol–water partition coefficient (Wildman–Crippen LogP) is 21.2. The topological polar surface area (TPSA) is 9.72 Å². The second kappa shape index (κ2) is 37.0. The van der Waals surface area contributed by atoms with Gasteiger partial charge in [0.15, 0.2) is 32.3 Å². The number of rotatable bonds is 21. The molecule has 21 aromatic carbocycles. The molecule has 0 atom stereocenters. The van der Waals surface area contributed by atoms with Gasteiger partial charge in [-0.05, 0) is 249 Å². The third-order valence-corrected chi connectivity index (χ3v) is 50.5. The van der Waals surface area contributed by atoms with Crippen molar-refractivity contribution >= 4 is 190 Å². The zero-order valence-electron chi connectivity index (χ0n) is 83.9. The molecule has 145 heavy (non-hydrogen) atoms. The van der Waals surface area contributed by atoms with Crippen molar-refractivity contribution in [3.8, 4) is 22.3 Å². The van der Waals surface area contributed by atoms with Crippen LogP contribution in [0.1, 0.15) is 69.5 Å². The van der Waals surface area contributed by atoms with Gasteiger partial charge in [-0.1, -0.05) is 507 Å². The van der Waals surface area contributed by atoms with Gasteiger partial charge in [0, 0.05) is 39.5 Å². The van der Waals surface area contributed by atoms with Crippen LogP contribution >= 0.6 is 0 Å². The van der Waals surface area contributed by atoms with E-state index in [1.807, 2.05) is 0 Å². The van der Waals surface area contributed by atoms with E-state index in [9.17, 15) is 0 Å². The summed E-state index contributed by atoms with van der Waals surface area (Å²) in [5.74, 6) is 0. The number of anilines is 9. The van der Waals surface area contributed by atoms with Gasteiger partial charge in [-0.15, -0.1) is 0 Å². The summed E-state index contributed by atoms with van der Waals surface area (Å²) in [7, 11) is -12.9. The molecule has 3 aliphatic heterocycles. The van der Waals surface area contributed by atoms with Crippen molar-refractivity contribution in [1.29, 1.82) is 0 Å². The van der Waals surface area contributed by atoms with Crippen LogP contribution in [0.15, 0.2) is 510 Å². The molecule has 0 aliphatic carbocycles. The highest BCUT2D eigenvalue weighted by atomic mass is 28.3. The van der Waals surface area contributed by atoms with Crippen LogP contribution in [0.25, 0.3) is 22.3 Å². The minimum absolute atomic E-state index is 0.333. The fourth-order valence-corrected chi connectivity index (χ4v) is 45.8. The molecule has 0 aromatic heterocycles. The second-order valence-electron chi connectivity index (χ2n) is 41.2. The molecule has 0 unspecified atom stereocenters. The molecule has 0 saturated carbocycles. The highest BCUT2D eigenvalue weighted by molar-refractivity contribution is 7.22. The molecule has 0 fully saturated rings. The Bertz CT molecular complexity index is 7800. The highest BCUT2D eigenvalue weighted by Crippen LogP contribution is 2.55. The molecule has 0 amide bonds. The maximum absolute atomic E-state index is 3.31. The van der Waals surface area contributed by atoms with Crippen molar-refractivity contribution in [2.24, 2.45) is 0 Å². The summed E-state index contributed by atoms with van der Waals surface area (Å²) in [6, 6.07) is 200. The van der Waals surface area contributed by atoms with Crippen molar-refractivity contribution in [2.75, 3.05) is 14.7 Å². The lowest BCUT2D eigenvalue weighted by atomic mass is 9.33. The summed E-state index contributed by atoms with van der Waals surface area (Å²) in [4.78, 5) is 8.11. The third kappa shape index (κ3) is 15.3. The first-order valence-corrected chi connectivity index (χ1v) is 59.2. The molecule has 3 heterocycles. The number of hydrogen-bond acceptors (Lipinski definition) is 3. The van der Waals surface area contributed by atoms with Crippen LogP contribution in [0.4, 0.5) is 51.2 Å². The monoisotopic (exact) mass is 1920 g/mol. The normalized spacial score (nSPS) is 13.0. The lowest BCUT2D eigenvalue weighted by Gasteiger charge is -2.46. The van der Waals surface area contributed by atoms with E-state index in [1.54, 1.807) is 0 Å². The molecule has 696 valence electrons. The van der Waals surface area contributed by atoms with Gasteiger partial charge in [-0.3, -0.25) is 0 Å². The van der Waals surface area contributed by atoms with Crippen LogP contribution in [0.3, 0.4) is 0 Å². The standard InChI is InChI=1S/C137H114BN3Si4/c1-95-75-96(2)80-122(79-95)142(110-47-19-11-20-48-110,111-49-21-12-22-50-111)118-63-39-43-103(87-118)105-71-73-128-132(89-105)139(107-45-41-65-120(91-107)144(114-55-27-15-28-56-114,115-57-29-16-30-58-115)124-83-99(5)77-100(6)84-124)134-93-109(141-130-69-37-35-67-126(130)137(9,10)127-68-36-38-70-131(127)141)94-135-136(134)138(128)129-74-72-106(104-44-40-64-119(88-104)143(112-51-23-13-24-52-112,113-53-25-14-26-54-113)123-81-97(3)76-98(4)82-123)90-133(129)140(135)108-46-42-66-121(92-108)145(116-59-31-17-32-60-116,117-61-33-18-34-62-117)125-85-101(7)78-102(8)86-125/h11-94H,1-10H3. The average Bonchev–Trinajstić information content (AvgIpc) is 0.684. The molecule has 0 saturated heterocycles. The quantitative estimate of drug-likeness (QED) is 0.0524. The Balaban J connectivity index is 0.838. The van der Waals surface area contributed by atoms with Crippen LogP contribution in [0.2, 0.25) is 0 Å². The van der Waals surface area contributed by atoms with Gasteiger partial charge in [-0.25, -0.2) is 0 Å². The van der Waals surface area contributed by atoms with Crippen molar-refractivity contribution in [2.45, 2.75) is 74.7 Å². The molecule has 24 rings (SSSR count). The zero-order chi connectivity index (χ0) is 98.5. The number of benzene rings is 21. The van der Waals surface area contributed by atoms with E-state index in [1.165, 1.54) is 155 Å². The lowest BCUT2D eigenvalue weighted by molar-refractivity contribution is 0.632. The molecule has 21 aromatic rings. The second-order valence-corrected chi connectivity index (χ2v) is 56.5. The average molecular weight is 1930 g/mol. The summed E-state index contributed by atoms with van der Waals surface area (Å²) in [5.41, 5.74) is 30.3. The van der Waals surface area contributed by atoms with Gasteiger partial charge in [0.05, 0.1) is 17.1 Å². The Labute approximate surface area is 859 Å². The molecule has 8 heteroatoms. The maximum atomic E-state index is 2.74. The molecule has 0 bridgehead atoms. The first kappa shape index (κ1) is 91.4. The SMILES string of the molecule is Cc1cc(C)cc([Si](c2ccccc2)(c2ccccc2)c2cccc(-c3ccc4c(c3)N(c3cccc([Si](c5ccccc5)(c5ccccc5)c5cc(C)cc(C)c5)c3)c3cc(N5c6ccccc6C(C)(C)c6ccccc65)cc5c3B4c3ccc(-c4cccc([Si](c6ccccc6)(c6ccccc6)c6cc(C)cc(C)c6)c4)cc3N5c3cccc([Si](c4ccccc4)(c4ccccc4)c4cc(C)cc(C)c4)c3)c2)c1. The van der Waals surface area contributed by atoms with Crippen molar-refractivity contribution in [3.63, 3.8) is 0 Å². The fraction of sp³-hybridized carbons (Fsp3) is 0.0803.